The summed E-state index contributed by atoms with van der Waals surface area (Å²) in [4.78, 5) is 17.0. The molecule has 2 rings (SSSR count). The molecule has 17 heavy (non-hydrogen) atoms. The van der Waals surface area contributed by atoms with Crippen molar-refractivity contribution in [2.45, 2.75) is 13.8 Å². The van der Waals surface area contributed by atoms with Crippen molar-refractivity contribution in [3.63, 3.8) is 0 Å². The Morgan fingerprint density at radius 3 is 2.35 bits per heavy atom. The fourth-order valence-corrected chi connectivity index (χ4v) is 2.38. The number of aryl methyl sites for hydroxylation is 2. The molecule has 0 amide bonds. The van der Waals surface area contributed by atoms with Crippen LogP contribution >= 0.6 is 11.3 Å². The molecule has 0 N–H and O–H groups in total. The van der Waals surface area contributed by atoms with E-state index in [1.807, 2.05) is 19.1 Å². The number of thiazole rings is 1. The summed E-state index contributed by atoms with van der Waals surface area (Å²) in [6, 6.07) is 7.30. The summed E-state index contributed by atoms with van der Waals surface area (Å²) < 4.78 is 4.65. The molecule has 0 saturated carbocycles. The largest absolute Gasteiger partial charge is 0.465 e. The molecule has 0 fully saturated rings. The van der Waals surface area contributed by atoms with E-state index in [0.717, 1.165) is 16.3 Å². The number of rotatable bonds is 2. The van der Waals surface area contributed by atoms with Gasteiger partial charge in [0.05, 0.1) is 18.4 Å². The molecule has 88 valence electrons. The molecule has 1 aromatic heterocycles. The molecule has 0 aliphatic carbocycles. The summed E-state index contributed by atoms with van der Waals surface area (Å²) in [5.74, 6) is -0.317. The minimum absolute atomic E-state index is 0.317. The van der Waals surface area contributed by atoms with Crippen LogP contribution < -0.4 is 0 Å². The normalized spacial score (nSPS) is 10.3. The van der Waals surface area contributed by atoms with Gasteiger partial charge in [-0.15, -0.1) is 11.3 Å². The number of benzene rings is 1. The molecular formula is C13H13NO2S. The first-order valence-electron chi connectivity index (χ1n) is 5.24. The van der Waals surface area contributed by atoms with Crippen LogP contribution in [0.5, 0.6) is 0 Å². The second-order valence-corrected chi connectivity index (χ2v) is 4.93. The molecule has 0 unspecified atom stereocenters. The van der Waals surface area contributed by atoms with E-state index in [0.29, 0.717) is 5.56 Å². The third kappa shape index (κ3) is 2.36. The van der Waals surface area contributed by atoms with Crippen LogP contribution in [0.3, 0.4) is 0 Å². The van der Waals surface area contributed by atoms with Gasteiger partial charge in [0, 0.05) is 10.4 Å². The van der Waals surface area contributed by atoms with Crippen LogP contribution in [0.25, 0.3) is 10.6 Å². The lowest BCUT2D eigenvalue weighted by Crippen LogP contribution is -2.00. The quantitative estimate of drug-likeness (QED) is 0.765. The monoisotopic (exact) mass is 247 g/mol. The van der Waals surface area contributed by atoms with E-state index in [1.54, 1.807) is 23.5 Å². The van der Waals surface area contributed by atoms with E-state index in [1.165, 1.54) is 12.0 Å². The van der Waals surface area contributed by atoms with Crippen LogP contribution in [-0.4, -0.2) is 18.1 Å². The summed E-state index contributed by atoms with van der Waals surface area (Å²) in [5, 5.41) is 0.983. The van der Waals surface area contributed by atoms with Crippen LogP contribution in [0.2, 0.25) is 0 Å². The smallest absolute Gasteiger partial charge is 0.337 e. The van der Waals surface area contributed by atoms with Crippen molar-refractivity contribution in [1.29, 1.82) is 0 Å². The minimum Gasteiger partial charge on any atom is -0.465 e. The van der Waals surface area contributed by atoms with Gasteiger partial charge in [0.25, 0.3) is 0 Å². The van der Waals surface area contributed by atoms with Gasteiger partial charge < -0.3 is 4.74 Å². The van der Waals surface area contributed by atoms with E-state index in [-0.39, 0.29) is 5.97 Å². The first-order valence-corrected chi connectivity index (χ1v) is 6.06. The summed E-state index contributed by atoms with van der Waals surface area (Å²) >= 11 is 1.66. The molecule has 0 aliphatic heterocycles. The van der Waals surface area contributed by atoms with Crippen LogP contribution in [-0.2, 0) is 4.74 Å². The standard InChI is InChI=1S/C13H13NO2S/c1-8-9(2)17-12(14-8)10-4-6-11(7-5-10)13(15)16-3/h4-7H,1-3H3. The molecule has 0 spiro atoms. The van der Waals surface area contributed by atoms with Crippen LogP contribution in [0.1, 0.15) is 20.9 Å². The molecule has 0 radical (unpaired) electrons. The van der Waals surface area contributed by atoms with Gasteiger partial charge in [-0.3, -0.25) is 0 Å². The molecule has 0 saturated heterocycles. The lowest BCUT2D eigenvalue weighted by Gasteiger charge is -2.00. The fraction of sp³-hybridized carbons (Fsp3) is 0.231. The van der Waals surface area contributed by atoms with Crippen LogP contribution in [0.4, 0.5) is 0 Å². The number of aromatic nitrogens is 1. The average molecular weight is 247 g/mol. The van der Waals surface area contributed by atoms with Crippen molar-refractivity contribution >= 4 is 17.3 Å². The number of carbonyl (C=O) groups excluding carboxylic acids is 1. The molecule has 1 aromatic carbocycles. The molecule has 0 atom stereocenters. The number of esters is 1. The number of hydrogen-bond acceptors (Lipinski definition) is 4. The maximum Gasteiger partial charge on any atom is 0.337 e. The maximum absolute atomic E-state index is 11.3. The zero-order chi connectivity index (χ0) is 12.4. The Morgan fingerprint density at radius 1 is 1.24 bits per heavy atom. The minimum atomic E-state index is -0.317. The highest BCUT2D eigenvalue weighted by molar-refractivity contribution is 7.15. The lowest BCUT2D eigenvalue weighted by atomic mass is 10.1. The average Bonchev–Trinajstić information content (AvgIpc) is 2.69. The van der Waals surface area contributed by atoms with Gasteiger partial charge in [0.2, 0.25) is 0 Å². The first kappa shape index (κ1) is 11.8. The van der Waals surface area contributed by atoms with Gasteiger partial charge in [-0.1, -0.05) is 12.1 Å². The number of ether oxygens (including phenoxy) is 1. The molecular weight excluding hydrogens is 234 g/mol. The van der Waals surface area contributed by atoms with E-state index in [2.05, 4.69) is 16.6 Å². The van der Waals surface area contributed by atoms with Crippen molar-refractivity contribution in [1.82, 2.24) is 4.98 Å². The van der Waals surface area contributed by atoms with Gasteiger partial charge in [0.1, 0.15) is 5.01 Å². The van der Waals surface area contributed by atoms with Gasteiger partial charge in [-0.2, -0.15) is 0 Å². The van der Waals surface area contributed by atoms with Gasteiger partial charge in [-0.25, -0.2) is 9.78 Å². The van der Waals surface area contributed by atoms with Crippen molar-refractivity contribution in [2.75, 3.05) is 7.11 Å². The molecule has 0 bridgehead atoms. The summed E-state index contributed by atoms with van der Waals surface area (Å²) in [6.45, 7) is 4.05. The number of nitrogens with zero attached hydrogens (tertiary/aromatic N) is 1. The molecule has 3 nitrogen and oxygen atoms in total. The van der Waals surface area contributed by atoms with Gasteiger partial charge >= 0.3 is 5.97 Å². The first-order chi connectivity index (χ1) is 8.11. The highest BCUT2D eigenvalue weighted by Crippen LogP contribution is 2.27. The van der Waals surface area contributed by atoms with Crippen molar-refractivity contribution in [3.8, 4) is 10.6 Å². The van der Waals surface area contributed by atoms with E-state index in [4.69, 9.17) is 0 Å². The summed E-state index contributed by atoms with van der Waals surface area (Å²) in [7, 11) is 1.38. The lowest BCUT2D eigenvalue weighted by molar-refractivity contribution is 0.0601. The van der Waals surface area contributed by atoms with Crippen molar-refractivity contribution in [3.05, 3.63) is 40.4 Å². The van der Waals surface area contributed by atoms with Gasteiger partial charge in [0.15, 0.2) is 0 Å². The molecule has 1 heterocycles. The van der Waals surface area contributed by atoms with E-state index >= 15 is 0 Å². The van der Waals surface area contributed by atoms with Gasteiger partial charge in [-0.05, 0) is 26.0 Å². The Labute approximate surface area is 104 Å². The third-order valence-corrected chi connectivity index (χ3v) is 3.70. The van der Waals surface area contributed by atoms with Crippen molar-refractivity contribution < 1.29 is 9.53 Å². The van der Waals surface area contributed by atoms with E-state index < -0.39 is 0 Å². The van der Waals surface area contributed by atoms with Crippen LogP contribution in [0, 0.1) is 13.8 Å². The zero-order valence-corrected chi connectivity index (χ0v) is 10.8. The number of hydrogen-bond donors (Lipinski definition) is 0. The highest BCUT2D eigenvalue weighted by atomic mass is 32.1. The number of methoxy groups -OCH3 is 1. The predicted molar refractivity (Wildman–Crippen MR) is 68.4 cm³/mol. The zero-order valence-electron chi connectivity index (χ0n) is 9.98. The third-order valence-electron chi connectivity index (χ3n) is 2.58. The topological polar surface area (TPSA) is 39.2 Å². The predicted octanol–water partition coefficient (Wildman–Crippen LogP) is 3.21. The summed E-state index contributed by atoms with van der Waals surface area (Å²) in [6.07, 6.45) is 0. The maximum atomic E-state index is 11.3. The molecule has 0 aliphatic rings. The Morgan fingerprint density at radius 2 is 1.88 bits per heavy atom. The molecule has 2 aromatic rings. The molecule has 4 heteroatoms. The summed E-state index contributed by atoms with van der Waals surface area (Å²) in [5.41, 5.74) is 2.64. The SMILES string of the molecule is COC(=O)c1ccc(-c2nc(C)c(C)s2)cc1. The second kappa shape index (κ2) is 4.67. The van der Waals surface area contributed by atoms with Crippen molar-refractivity contribution in [2.24, 2.45) is 0 Å². The number of carbonyl (C=O) groups is 1. The Hall–Kier alpha value is -1.68. The van der Waals surface area contributed by atoms with Crippen LogP contribution in [0.15, 0.2) is 24.3 Å². The Kier molecular flexibility index (Phi) is 3.24. The fourth-order valence-electron chi connectivity index (χ4n) is 1.46. The second-order valence-electron chi connectivity index (χ2n) is 3.73. The van der Waals surface area contributed by atoms with E-state index in [9.17, 15) is 4.79 Å². The Bertz CT molecular complexity index is 524. The highest BCUT2D eigenvalue weighted by Gasteiger charge is 2.08. The Balaban J connectivity index is 2.32.